The monoisotopic (exact) mass is 356 g/mol. The number of carbonyl (C=O) groups excluding carboxylic acids is 2. The molecular weight excluding hydrogens is 336 g/mol. The predicted octanol–water partition coefficient (Wildman–Crippen LogP) is 3.88. The molecule has 1 fully saturated rings. The van der Waals surface area contributed by atoms with Gasteiger partial charge in [-0.3, -0.25) is 9.59 Å². The van der Waals surface area contributed by atoms with Gasteiger partial charge in [0.2, 0.25) is 11.8 Å². The number of rotatable bonds is 4. The predicted molar refractivity (Wildman–Crippen MR) is 99.6 cm³/mol. The lowest BCUT2D eigenvalue weighted by molar-refractivity contribution is -0.126. The summed E-state index contributed by atoms with van der Waals surface area (Å²) in [6.45, 7) is 4.24. The molecule has 0 spiro atoms. The van der Waals surface area contributed by atoms with Gasteiger partial charge < -0.3 is 10.2 Å². The van der Waals surface area contributed by atoms with Crippen LogP contribution in [0.2, 0.25) is 5.02 Å². The number of nitrogens with zero attached hydrogens (tertiary/aromatic N) is 1. The van der Waals surface area contributed by atoms with Gasteiger partial charge in [0.1, 0.15) is 0 Å². The van der Waals surface area contributed by atoms with E-state index in [9.17, 15) is 9.59 Å². The second-order valence-electron chi connectivity index (χ2n) is 6.48. The summed E-state index contributed by atoms with van der Waals surface area (Å²) in [7, 11) is 0. The van der Waals surface area contributed by atoms with Gasteiger partial charge in [-0.2, -0.15) is 0 Å². The van der Waals surface area contributed by atoms with Crippen molar-refractivity contribution in [2.24, 2.45) is 5.92 Å². The van der Waals surface area contributed by atoms with Crippen LogP contribution in [0.1, 0.15) is 30.5 Å². The maximum Gasteiger partial charge on any atom is 0.227 e. The van der Waals surface area contributed by atoms with E-state index in [0.717, 1.165) is 16.8 Å². The summed E-state index contributed by atoms with van der Waals surface area (Å²) in [4.78, 5) is 26.5. The summed E-state index contributed by atoms with van der Waals surface area (Å²) in [6, 6.07) is 15.2. The molecule has 0 bridgehead atoms. The highest BCUT2D eigenvalue weighted by molar-refractivity contribution is 6.31. The molecule has 2 aromatic carbocycles. The Kier molecular flexibility index (Phi) is 5.09. The largest absolute Gasteiger partial charge is 0.349 e. The van der Waals surface area contributed by atoms with E-state index in [4.69, 9.17) is 11.6 Å². The maximum absolute atomic E-state index is 12.6. The molecule has 1 saturated heterocycles. The zero-order chi connectivity index (χ0) is 18.0. The Hall–Kier alpha value is -2.33. The molecule has 25 heavy (non-hydrogen) atoms. The van der Waals surface area contributed by atoms with Crippen LogP contribution in [0.3, 0.4) is 0 Å². The average Bonchev–Trinajstić information content (AvgIpc) is 3.00. The first-order valence-electron chi connectivity index (χ1n) is 8.37. The van der Waals surface area contributed by atoms with Gasteiger partial charge in [-0.15, -0.1) is 0 Å². The zero-order valence-corrected chi connectivity index (χ0v) is 15.1. The third kappa shape index (κ3) is 3.85. The lowest BCUT2D eigenvalue weighted by Crippen LogP contribution is -2.34. The number of aryl methyl sites for hydroxylation is 1. The van der Waals surface area contributed by atoms with Gasteiger partial charge in [-0.25, -0.2) is 0 Å². The van der Waals surface area contributed by atoms with Gasteiger partial charge in [0.05, 0.1) is 12.0 Å². The number of benzene rings is 2. The third-order valence-corrected chi connectivity index (χ3v) is 5.03. The van der Waals surface area contributed by atoms with Gasteiger partial charge >= 0.3 is 0 Å². The van der Waals surface area contributed by atoms with E-state index in [1.165, 1.54) is 0 Å². The maximum atomic E-state index is 12.6. The quantitative estimate of drug-likeness (QED) is 0.903. The molecule has 1 aliphatic heterocycles. The number of hydrogen-bond acceptors (Lipinski definition) is 2. The summed E-state index contributed by atoms with van der Waals surface area (Å²) < 4.78 is 0. The molecule has 2 atom stereocenters. The van der Waals surface area contributed by atoms with Gasteiger partial charge in [0, 0.05) is 23.7 Å². The van der Waals surface area contributed by atoms with Crippen molar-refractivity contribution in [3.63, 3.8) is 0 Å². The second kappa shape index (κ2) is 7.28. The molecule has 0 aromatic heterocycles. The van der Waals surface area contributed by atoms with Crippen LogP contribution in [0.5, 0.6) is 0 Å². The van der Waals surface area contributed by atoms with E-state index >= 15 is 0 Å². The molecule has 3 rings (SSSR count). The second-order valence-corrected chi connectivity index (χ2v) is 6.89. The van der Waals surface area contributed by atoms with Crippen molar-refractivity contribution < 1.29 is 9.59 Å². The number of hydrogen-bond donors (Lipinski definition) is 1. The molecule has 1 heterocycles. The smallest absolute Gasteiger partial charge is 0.227 e. The SMILES string of the molecule is Cc1ccc(N2C[C@H](C(=O)N[C@H](C)c3ccccc3)CC2=O)cc1Cl. The first-order chi connectivity index (χ1) is 12.0. The standard InChI is InChI=1S/C20H21ClN2O2/c1-13-8-9-17(11-18(13)21)23-12-16(10-19(23)24)20(25)22-14(2)15-6-4-3-5-7-15/h3-9,11,14,16H,10,12H2,1-2H3,(H,22,25)/t14-,16-/m1/s1. The van der Waals surface area contributed by atoms with Gasteiger partial charge in [0.15, 0.2) is 0 Å². The fourth-order valence-corrected chi connectivity index (χ4v) is 3.21. The molecule has 0 saturated carbocycles. The Morgan fingerprint density at radius 2 is 1.96 bits per heavy atom. The van der Waals surface area contributed by atoms with E-state index < -0.39 is 0 Å². The van der Waals surface area contributed by atoms with Crippen LogP contribution in [0.25, 0.3) is 0 Å². The Labute approximate surface area is 152 Å². The van der Waals surface area contributed by atoms with E-state index in [2.05, 4.69) is 5.32 Å². The minimum atomic E-state index is -0.348. The third-order valence-electron chi connectivity index (χ3n) is 4.62. The van der Waals surface area contributed by atoms with Crippen LogP contribution in [0.4, 0.5) is 5.69 Å². The minimum absolute atomic E-state index is 0.0487. The summed E-state index contributed by atoms with van der Waals surface area (Å²) in [6.07, 6.45) is 0.221. The molecule has 1 N–H and O–H groups in total. The number of anilines is 1. The van der Waals surface area contributed by atoms with Gasteiger partial charge in [-0.05, 0) is 37.1 Å². The van der Waals surface area contributed by atoms with Crippen LogP contribution in [-0.4, -0.2) is 18.4 Å². The highest BCUT2D eigenvalue weighted by Gasteiger charge is 2.35. The Balaban J connectivity index is 1.67. The summed E-state index contributed by atoms with van der Waals surface area (Å²) in [5.74, 6) is -0.489. The van der Waals surface area contributed by atoms with Crippen LogP contribution in [0, 0.1) is 12.8 Å². The van der Waals surface area contributed by atoms with Crippen LogP contribution < -0.4 is 10.2 Å². The van der Waals surface area contributed by atoms with Crippen LogP contribution in [-0.2, 0) is 9.59 Å². The van der Waals surface area contributed by atoms with Crippen LogP contribution >= 0.6 is 11.6 Å². The normalized spacial score (nSPS) is 18.3. The molecule has 4 nitrogen and oxygen atoms in total. The summed E-state index contributed by atoms with van der Waals surface area (Å²) in [5, 5.41) is 3.63. The molecule has 0 unspecified atom stereocenters. The van der Waals surface area contributed by atoms with Crippen molar-refractivity contribution in [3.8, 4) is 0 Å². The lowest BCUT2D eigenvalue weighted by atomic mass is 10.1. The summed E-state index contributed by atoms with van der Waals surface area (Å²) >= 11 is 6.16. The Bertz CT molecular complexity index is 792. The Morgan fingerprint density at radius 3 is 2.64 bits per heavy atom. The fourth-order valence-electron chi connectivity index (χ4n) is 3.04. The van der Waals surface area contributed by atoms with Crippen molar-refractivity contribution in [3.05, 3.63) is 64.7 Å². The van der Waals surface area contributed by atoms with Crippen LogP contribution in [0.15, 0.2) is 48.5 Å². The summed E-state index contributed by atoms with van der Waals surface area (Å²) in [5.41, 5.74) is 2.75. The molecule has 1 aliphatic rings. The van der Waals surface area contributed by atoms with E-state index in [1.54, 1.807) is 11.0 Å². The zero-order valence-electron chi connectivity index (χ0n) is 14.3. The highest BCUT2D eigenvalue weighted by Crippen LogP contribution is 2.29. The number of carbonyl (C=O) groups is 2. The number of nitrogens with one attached hydrogen (secondary N) is 1. The minimum Gasteiger partial charge on any atom is -0.349 e. The van der Waals surface area contributed by atoms with Crippen molar-refractivity contribution in [2.75, 3.05) is 11.4 Å². The Morgan fingerprint density at radius 1 is 1.24 bits per heavy atom. The number of halogens is 1. The van der Waals surface area contributed by atoms with E-state index in [1.807, 2.05) is 56.3 Å². The average molecular weight is 357 g/mol. The fraction of sp³-hybridized carbons (Fsp3) is 0.300. The number of amides is 2. The topological polar surface area (TPSA) is 49.4 Å². The van der Waals surface area contributed by atoms with Crippen molar-refractivity contribution in [2.45, 2.75) is 26.3 Å². The molecule has 0 radical (unpaired) electrons. The van der Waals surface area contributed by atoms with Crippen molar-refractivity contribution in [1.82, 2.24) is 5.32 Å². The molecule has 5 heteroatoms. The molecular formula is C20H21ClN2O2. The van der Waals surface area contributed by atoms with Gasteiger partial charge in [-0.1, -0.05) is 48.0 Å². The van der Waals surface area contributed by atoms with Crippen molar-refractivity contribution in [1.29, 1.82) is 0 Å². The lowest BCUT2D eigenvalue weighted by Gasteiger charge is -2.19. The van der Waals surface area contributed by atoms with E-state index in [0.29, 0.717) is 11.6 Å². The molecule has 2 aromatic rings. The molecule has 0 aliphatic carbocycles. The van der Waals surface area contributed by atoms with Crippen molar-refractivity contribution >= 4 is 29.1 Å². The first-order valence-corrected chi connectivity index (χ1v) is 8.75. The first kappa shape index (κ1) is 17.5. The van der Waals surface area contributed by atoms with Gasteiger partial charge in [0.25, 0.3) is 0 Å². The highest BCUT2D eigenvalue weighted by atomic mass is 35.5. The molecule has 130 valence electrons. The molecule has 2 amide bonds. The van der Waals surface area contributed by atoms with E-state index in [-0.39, 0.29) is 30.2 Å².